The van der Waals surface area contributed by atoms with Gasteiger partial charge >= 0.3 is 0 Å². The summed E-state index contributed by atoms with van der Waals surface area (Å²) in [6.45, 7) is 2.87. The van der Waals surface area contributed by atoms with Gasteiger partial charge in [0.2, 0.25) is 0 Å². The molecule has 4 heterocycles. The van der Waals surface area contributed by atoms with Crippen LogP contribution >= 0.6 is 0 Å². The van der Waals surface area contributed by atoms with Crippen LogP contribution in [-0.4, -0.2) is 50.6 Å². The molecule has 10 heteroatoms. The van der Waals surface area contributed by atoms with Crippen molar-refractivity contribution in [2.24, 2.45) is 12.2 Å². The molecule has 1 spiro atoms. The molecule has 39 heavy (non-hydrogen) atoms. The second-order valence-corrected chi connectivity index (χ2v) is 10.8. The lowest BCUT2D eigenvalue weighted by Crippen LogP contribution is -2.42. The van der Waals surface area contributed by atoms with E-state index in [9.17, 15) is 18.7 Å². The number of piperidine rings is 1. The Morgan fingerprint density at radius 2 is 1.92 bits per heavy atom. The van der Waals surface area contributed by atoms with Gasteiger partial charge in [-0.2, -0.15) is 0 Å². The molecule has 8 nitrogen and oxygen atoms in total. The highest BCUT2D eigenvalue weighted by atomic mass is 19.2. The van der Waals surface area contributed by atoms with Gasteiger partial charge in [0.05, 0.1) is 17.9 Å². The Labute approximate surface area is 224 Å². The molecule has 204 valence electrons. The number of halogens is 2. The molecule has 1 saturated heterocycles. The molecule has 0 atom stereocenters. The Hall–Kier alpha value is -3.47. The number of ether oxygens (including phenoxy) is 1. The molecule has 1 aliphatic carbocycles. The molecule has 3 aromatic rings. The number of oxime groups is 1. The summed E-state index contributed by atoms with van der Waals surface area (Å²) in [6, 6.07) is 8.95. The first-order valence-electron chi connectivity index (χ1n) is 13.1. The zero-order chi connectivity index (χ0) is 27.2. The maximum atomic E-state index is 14.0. The Morgan fingerprint density at radius 1 is 1.13 bits per heavy atom. The molecule has 6 rings (SSSR count). The van der Waals surface area contributed by atoms with Crippen molar-refractivity contribution in [1.82, 2.24) is 14.5 Å². The van der Waals surface area contributed by atoms with Crippen LogP contribution in [0.4, 0.5) is 8.78 Å². The van der Waals surface area contributed by atoms with Crippen LogP contribution < -0.4 is 5.56 Å². The van der Waals surface area contributed by atoms with Crippen LogP contribution in [0.2, 0.25) is 0 Å². The fraction of sp³-hybridized carbons (Fsp3) is 0.414. The third-order valence-corrected chi connectivity index (χ3v) is 7.95. The topological polar surface area (TPSA) is 89.2 Å². The minimum absolute atomic E-state index is 0.0210. The van der Waals surface area contributed by atoms with Gasteiger partial charge in [-0.25, -0.2) is 8.78 Å². The van der Waals surface area contributed by atoms with E-state index in [4.69, 9.17) is 9.57 Å². The van der Waals surface area contributed by atoms with Crippen molar-refractivity contribution < 1.29 is 23.5 Å². The highest BCUT2D eigenvalue weighted by molar-refractivity contribution is 6.11. The van der Waals surface area contributed by atoms with Gasteiger partial charge in [0.25, 0.3) is 5.56 Å². The van der Waals surface area contributed by atoms with Crippen molar-refractivity contribution in [3.05, 3.63) is 98.7 Å². The van der Waals surface area contributed by atoms with Gasteiger partial charge in [-0.3, -0.25) is 14.7 Å². The number of hydrogen-bond donors (Lipinski definition) is 1. The number of pyridine rings is 2. The first-order chi connectivity index (χ1) is 18.7. The molecule has 2 aliphatic heterocycles. The van der Waals surface area contributed by atoms with E-state index in [2.05, 4.69) is 15.0 Å². The van der Waals surface area contributed by atoms with Crippen LogP contribution in [0.1, 0.15) is 53.6 Å². The monoisotopic (exact) mass is 536 g/mol. The fourth-order valence-electron chi connectivity index (χ4n) is 5.32. The number of likely N-dealkylation sites (tertiary alicyclic amines) is 1. The average molecular weight is 537 g/mol. The maximum Gasteiger partial charge on any atom is 0.250 e. The standard InChI is InChI=1S/C29H30F2N4O4/c1-34-16-21-17-38-29(22(21)13-26(34)36)8-10-35(11-9-29)15-19-2-5-25(32-14-19)27(33-39-18-28(37)6-7-28)20-3-4-23(30)24(31)12-20/h2-5,12-14,16,37H,6-11,15,17-18H2,1H3/b33-27+. The van der Waals surface area contributed by atoms with E-state index in [1.807, 2.05) is 12.3 Å². The van der Waals surface area contributed by atoms with Gasteiger partial charge < -0.3 is 19.2 Å². The minimum atomic E-state index is -0.991. The third kappa shape index (κ3) is 5.24. The SMILES string of the molecule is Cn1cc2c(cc1=O)C1(CCN(Cc3ccc(/C(=N/OCC4(O)CC4)c4ccc(F)c(F)c4)nc3)CC1)OC2. The summed E-state index contributed by atoms with van der Waals surface area (Å²) in [7, 11) is 1.76. The van der Waals surface area contributed by atoms with Gasteiger partial charge in [0.15, 0.2) is 11.6 Å². The summed E-state index contributed by atoms with van der Waals surface area (Å²) in [5.41, 5.74) is 2.84. The number of hydrogen-bond acceptors (Lipinski definition) is 7. The van der Waals surface area contributed by atoms with Crippen LogP contribution in [0.25, 0.3) is 0 Å². The molecular formula is C29H30F2N4O4. The number of aryl methyl sites for hydroxylation is 1. The molecule has 0 bridgehead atoms. The fourth-order valence-corrected chi connectivity index (χ4v) is 5.32. The van der Waals surface area contributed by atoms with Crippen molar-refractivity contribution in [3.63, 3.8) is 0 Å². The van der Waals surface area contributed by atoms with E-state index in [1.54, 1.807) is 29.9 Å². The normalized spacial score (nSPS) is 19.7. The van der Waals surface area contributed by atoms with Crippen LogP contribution in [-0.2, 0) is 35.4 Å². The van der Waals surface area contributed by atoms with Crippen molar-refractivity contribution in [3.8, 4) is 0 Å². The van der Waals surface area contributed by atoms with Crippen LogP contribution in [0.5, 0.6) is 0 Å². The van der Waals surface area contributed by atoms with Gasteiger partial charge in [0.1, 0.15) is 17.9 Å². The lowest BCUT2D eigenvalue weighted by Gasteiger charge is -2.39. The number of aliphatic hydroxyl groups is 1. The van der Waals surface area contributed by atoms with E-state index in [0.717, 1.165) is 54.8 Å². The number of rotatable bonds is 7. The molecule has 1 saturated carbocycles. The van der Waals surface area contributed by atoms with Crippen molar-refractivity contribution in [2.45, 2.75) is 50.0 Å². The zero-order valence-corrected chi connectivity index (χ0v) is 21.7. The summed E-state index contributed by atoms with van der Waals surface area (Å²) in [6.07, 6.45) is 6.51. The van der Waals surface area contributed by atoms with Crippen molar-refractivity contribution in [2.75, 3.05) is 19.7 Å². The van der Waals surface area contributed by atoms with Crippen molar-refractivity contribution in [1.29, 1.82) is 0 Å². The second-order valence-electron chi connectivity index (χ2n) is 10.8. The summed E-state index contributed by atoms with van der Waals surface area (Å²) in [5.74, 6) is -1.94. The molecule has 0 radical (unpaired) electrons. The van der Waals surface area contributed by atoms with Gasteiger partial charge in [-0.1, -0.05) is 11.2 Å². The zero-order valence-electron chi connectivity index (χ0n) is 21.7. The summed E-state index contributed by atoms with van der Waals surface area (Å²) >= 11 is 0. The molecule has 0 amide bonds. The van der Waals surface area contributed by atoms with Crippen LogP contribution in [0.15, 0.2) is 58.7 Å². The van der Waals surface area contributed by atoms with E-state index >= 15 is 0 Å². The number of fused-ring (bicyclic) bond motifs is 2. The molecular weight excluding hydrogens is 506 g/mol. The average Bonchev–Trinajstić information content (AvgIpc) is 3.58. The summed E-state index contributed by atoms with van der Waals surface area (Å²) in [4.78, 5) is 24.5. The molecule has 1 N–H and O–H groups in total. The molecule has 1 aromatic carbocycles. The number of nitrogens with zero attached hydrogens (tertiary/aromatic N) is 4. The quantitative estimate of drug-likeness (QED) is 0.368. The molecule has 3 aliphatic rings. The molecule has 0 unspecified atom stereocenters. The lowest BCUT2D eigenvalue weighted by atomic mass is 9.84. The highest BCUT2D eigenvalue weighted by Crippen LogP contribution is 2.43. The van der Waals surface area contributed by atoms with Gasteiger partial charge in [-0.05, 0) is 61.1 Å². The van der Waals surface area contributed by atoms with Gasteiger partial charge in [-0.15, -0.1) is 0 Å². The second kappa shape index (κ2) is 9.93. The Morgan fingerprint density at radius 3 is 2.62 bits per heavy atom. The number of aromatic nitrogens is 2. The largest absolute Gasteiger partial charge is 0.392 e. The van der Waals surface area contributed by atoms with Gasteiger partial charge in [0, 0.05) is 56.3 Å². The predicted octanol–water partition coefficient (Wildman–Crippen LogP) is 3.37. The highest BCUT2D eigenvalue weighted by Gasteiger charge is 2.43. The summed E-state index contributed by atoms with van der Waals surface area (Å²) in [5, 5.41) is 14.2. The maximum absolute atomic E-state index is 14.0. The number of benzene rings is 1. The Kier molecular flexibility index (Phi) is 6.57. The first kappa shape index (κ1) is 25.8. The molecule has 2 fully saturated rings. The van der Waals surface area contributed by atoms with Crippen LogP contribution in [0, 0.1) is 11.6 Å². The Bertz CT molecular complexity index is 1480. The van der Waals surface area contributed by atoms with E-state index in [1.165, 1.54) is 6.07 Å². The lowest BCUT2D eigenvalue weighted by molar-refractivity contribution is -0.0799. The van der Waals surface area contributed by atoms with E-state index < -0.39 is 22.8 Å². The van der Waals surface area contributed by atoms with E-state index in [-0.39, 0.29) is 17.9 Å². The van der Waals surface area contributed by atoms with Crippen molar-refractivity contribution >= 4 is 5.71 Å². The summed E-state index contributed by atoms with van der Waals surface area (Å²) < 4.78 is 35.3. The molecule has 2 aromatic heterocycles. The third-order valence-electron chi connectivity index (χ3n) is 7.95. The van der Waals surface area contributed by atoms with E-state index in [0.29, 0.717) is 37.3 Å². The first-order valence-corrected chi connectivity index (χ1v) is 13.1. The Balaban J connectivity index is 1.14. The minimum Gasteiger partial charge on any atom is -0.392 e. The van der Waals surface area contributed by atoms with Crippen LogP contribution in [0.3, 0.4) is 0 Å². The smallest absolute Gasteiger partial charge is 0.250 e. The predicted molar refractivity (Wildman–Crippen MR) is 139 cm³/mol.